The van der Waals surface area contributed by atoms with Crippen LogP contribution in [0.3, 0.4) is 0 Å². The lowest BCUT2D eigenvalue weighted by Crippen LogP contribution is -2.47. The Bertz CT molecular complexity index is 1260. The van der Waals surface area contributed by atoms with Crippen LogP contribution in [0.1, 0.15) is 111 Å². The van der Waals surface area contributed by atoms with Gasteiger partial charge in [-0.25, -0.2) is 0 Å². The van der Waals surface area contributed by atoms with Crippen molar-refractivity contribution in [2.24, 2.45) is 18.9 Å². The zero-order valence-electron chi connectivity index (χ0n) is 23.8. The first-order valence-electron chi connectivity index (χ1n) is 14.7. The first kappa shape index (κ1) is 27.5. The highest BCUT2D eigenvalue weighted by Gasteiger charge is 2.40. The molecule has 1 aromatic carbocycles. The van der Waals surface area contributed by atoms with Gasteiger partial charge in [0.2, 0.25) is 0 Å². The number of aliphatic carboxylic acids is 1. The van der Waals surface area contributed by atoms with Crippen LogP contribution in [-0.2, 0) is 23.7 Å². The van der Waals surface area contributed by atoms with Gasteiger partial charge in [0.05, 0.1) is 5.92 Å². The van der Waals surface area contributed by atoms with Gasteiger partial charge in [0, 0.05) is 36.0 Å². The molecule has 210 valence electrons. The molecular formula is C32H43N3O4. The molecule has 7 heteroatoms. The SMILES string of the molecule is CC(C)NC(=O)c1cc(-c2cc(C(=O)NC3CC(C(=O)O)C3)n(C)c2CC2CCCCC2)cc(C2(C)CC2)c1. The van der Waals surface area contributed by atoms with E-state index in [1.54, 1.807) is 0 Å². The molecule has 3 N–H and O–H groups in total. The van der Waals surface area contributed by atoms with Gasteiger partial charge in [0.1, 0.15) is 5.69 Å². The zero-order chi connectivity index (χ0) is 27.9. The molecule has 2 amide bonds. The third-order valence-electron chi connectivity index (χ3n) is 9.24. The second kappa shape index (κ2) is 10.8. The van der Waals surface area contributed by atoms with Crippen LogP contribution in [0.25, 0.3) is 11.1 Å². The van der Waals surface area contributed by atoms with Crippen LogP contribution in [0.2, 0.25) is 0 Å². The number of nitrogens with one attached hydrogen (secondary N) is 2. The van der Waals surface area contributed by atoms with Gasteiger partial charge in [0.25, 0.3) is 11.8 Å². The van der Waals surface area contributed by atoms with Crippen LogP contribution in [0, 0.1) is 11.8 Å². The Hall–Kier alpha value is -3.09. The summed E-state index contributed by atoms with van der Waals surface area (Å²) in [6, 6.07) is 8.17. The second-order valence-corrected chi connectivity index (χ2v) is 12.8. The van der Waals surface area contributed by atoms with E-state index in [1.807, 2.05) is 43.7 Å². The third-order valence-corrected chi connectivity index (χ3v) is 9.24. The lowest BCUT2D eigenvalue weighted by molar-refractivity contribution is -0.145. The maximum Gasteiger partial charge on any atom is 0.306 e. The fourth-order valence-electron chi connectivity index (χ4n) is 6.30. The quantitative estimate of drug-likeness (QED) is 0.391. The number of nitrogens with zero attached hydrogens (tertiary/aromatic N) is 1. The van der Waals surface area contributed by atoms with Crippen molar-refractivity contribution >= 4 is 17.8 Å². The van der Waals surface area contributed by atoms with Crippen molar-refractivity contribution in [3.63, 3.8) is 0 Å². The van der Waals surface area contributed by atoms with Gasteiger partial charge in [-0.3, -0.25) is 14.4 Å². The van der Waals surface area contributed by atoms with E-state index in [4.69, 9.17) is 0 Å². The number of benzene rings is 1. The fourth-order valence-corrected chi connectivity index (χ4v) is 6.30. The highest BCUT2D eigenvalue weighted by atomic mass is 16.4. The van der Waals surface area contributed by atoms with Crippen molar-refractivity contribution in [3.05, 3.63) is 46.8 Å². The van der Waals surface area contributed by atoms with E-state index in [-0.39, 0.29) is 35.2 Å². The van der Waals surface area contributed by atoms with Crippen LogP contribution in [0.5, 0.6) is 0 Å². The maximum atomic E-state index is 13.4. The second-order valence-electron chi connectivity index (χ2n) is 12.8. The Morgan fingerprint density at radius 2 is 1.72 bits per heavy atom. The number of hydrogen-bond donors (Lipinski definition) is 3. The minimum absolute atomic E-state index is 0.0437. The highest BCUT2D eigenvalue weighted by molar-refractivity contribution is 5.98. The lowest BCUT2D eigenvalue weighted by atomic mass is 9.80. The van der Waals surface area contributed by atoms with Crippen LogP contribution >= 0.6 is 0 Å². The third kappa shape index (κ3) is 5.92. The van der Waals surface area contributed by atoms with E-state index >= 15 is 0 Å². The molecule has 1 heterocycles. The van der Waals surface area contributed by atoms with Gasteiger partial charge in [-0.15, -0.1) is 0 Å². The minimum Gasteiger partial charge on any atom is -0.481 e. The predicted octanol–water partition coefficient (Wildman–Crippen LogP) is 5.60. The fraction of sp³-hybridized carbons (Fsp3) is 0.594. The number of aromatic nitrogens is 1. The summed E-state index contributed by atoms with van der Waals surface area (Å²) in [5.41, 5.74) is 5.67. The Morgan fingerprint density at radius 1 is 1.03 bits per heavy atom. The molecule has 0 spiro atoms. The van der Waals surface area contributed by atoms with Crippen LogP contribution in [-0.4, -0.2) is 39.5 Å². The number of carbonyl (C=O) groups excluding carboxylic acids is 2. The predicted molar refractivity (Wildman–Crippen MR) is 152 cm³/mol. The molecule has 0 bridgehead atoms. The first-order valence-corrected chi connectivity index (χ1v) is 14.7. The van der Waals surface area contributed by atoms with Gasteiger partial charge in [0.15, 0.2) is 0 Å². The number of amides is 2. The normalized spacial score (nSPS) is 22.3. The van der Waals surface area contributed by atoms with Crippen molar-refractivity contribution < 1.29 is 19.5 Å². The van der Waals surface area contributed by atoms with E-state index in [9.17, 15) is 19.5 Å². The Morgan fingerprint density at radius 3 is 2.33 bits per heavy atom. The Labute approximate surface area is 231 Å². The maximum absolute atomic E-state index is 13.4. The van der Waals surface area contributed by atoms with Gasteiger partial charge >= 0.3 is 5.97 Å². The summed E-state index contributed by atoms with van der Waals surface area (Å²) in [7, 11) is 1.97. The van der Waals surface area contributed by atoms with Gasteiger partial charge < -0.3 is 20.3 Å². The Kier molecular flexibility index (Phi) is 7.62. The molecule has 0 aliphatic heterocycles. The smallest absolute Gasteiger partial charge is 0.306 e. The summed E-state index contributed by atoms with van der Waals surface area (Å²) in [4.78, 5) is 37.8. The number of carbonyl (C=O) groups is 3. The van der Waals surface area contributed by atoms with Crippen molar-refractivity contribution in [2.45, 2.75) is 102 Å². The summed E-state index contributed by atoms with van der Waals surface area (Å²) in [6.07, 6.45) is 10.3. The molecule has 0 unspecified atom stereocenters. The van der Waals surface area contributed by atoms with Crippen molar-refractivity contribution in [2.75, 3.05) is 0 Å². The van der Waals surface area contributed by atoms with E-state index in [1.165, 1.54) is 37.7 Å². The number of hydrogen-bond acceptors (Lipinski definition) is 3. The number of rotatable bonds is 9. The molecule has 3 saturated carbocycles. The lowest BCUT2D eigenvalue weighted by Gasteiger charge is -2.32. The van der Waals surface area contributed by atoms with Gasteiger partial charge in [-0.05, 0) is 86.6 Å². The zero-order valence-corrected chi connectivity index (χ0v) is 23.8. The van der Waals surface area contributed by atoms with Crippen LogP contribution in [0.4, 0.5) is 0 Å². The van der Waals surface area contributed by atoms with Crippen LogP contribution < -0.4 is 10.6 Å². The van der Waals surface area contributed by atoms with E-state index in [0.717, 1.165) is 36.1 Å². The molecule has 7 nitrogen and oxygen atoms in total. The minimum atomic E-state index is -0.794. The topological polar surface area (TPSA) is 100 Å². The first-order chi connectivity index (χ1) is 18.5. The van der Waals surface area contributed by atoms with E-state index in [0.29, 0.717) is 30.0 Å². The molecule has 3 aliphatic carbocycles. The molecule has 1 aromatic heterocycles. The van der Waals surface area contributed by atoms with E-state index in [2.05, 4.69) is 23.6 Å². The highest BCUT2D eigenvalue weighted by Crippen LogP contribution is 2.49. The molecule has 0 radical (unpaired) electrons. The van der Waals surface area contributed by atoms with Gasteiger partial charge in [-0.2, -0.15) is 0 Å². The van der Waals surface area contributed by atoms with Crippen LogP contribution in [0.15, 0.2) is 24.3 Å². The summed E-state index contributed by atoms with van der Waals surface area (Å²) in [6.45, 7) is 6.19. The molecule has 3 aliphatic rings. The van der Waals surface area contributed by atoms with E-state index < -0.39 is 5.97 Å². The average molecular weight is 534 g/mol. The van der Waals surface area contributed by atoms with Crippen molar-refractivity contribution in [1.82, 2.24) is 15.2 Å². The van der Waals surface area contributed by atoms with Crippen molar-refractivity contribution in [3.8, 4) is 11.1 Å². The monoisotopic (exact) mass is 533 g/mol. The summed E-state index contributed by atoms with van der Waals surface area (Å²) in [5.74, 6) is -0.817. The summed E-state index contributed by atoms with van der Waals surface area (Å²) in [5, 5.41) is 15.3. The average Bonchev–Trinajstić information content (AvgIpc) is 3.55. The molecule has 5 rings (SSSR count). The molecule has 3 fully saturated rings. The standard InChI is InChI=1S/C32H43N3O4/c1-19(2)33-29(36)22-13-21(14-24(15-22)32(3)10-11-32)26-18-28(30(37)34-25-16-23(17-25)31(38)39)35(4)27(26)12-20-8-6-5-7-9-20/h13-15,18-20,23,25H,5-12,16-17H2,1-4H3,(H,33,36)(H,34,37)(H,38,39). The van der Waals surface area contributed by atoms with Gasteiger partial charge in [-0.1, -0.05) is 45.1 Å². The molecule has 39 heavy (non-hydrogen) atoms. The summed E-state index contributed by atoms with van der Waals surface area (Å²) >= 11 is 0. The largest absolute Gasteiger partial charge is 0.481 e. The summed E-state index contributed by atoms with van der Waals surface area (Å²) < 4.78 is 2.03. The number of carboxylic acids is 1. The number of carboxylic acid groups (broad SMARTS) is 1. The molecular weight excluding hydrogens is 490 g/mol. The molecule has 2 aromatic rings. The molecule has 0 atom stereocenters. The Balaban J connectivity index is 1.52. The van der Waals surface area contributed by atoms with Crippen molar-refractivity contribution in [1.29, 1.82) is 0 Å². The molecule has 0 saturated heterocycles.